The molecule has 11 heavy (non-hydrogen) atoms. The van der Waals surface area contributed by atoms with Gasteiger partial charge in [-0.1, -0.05) is 12.1 Å². The molecule has 0 aliphatic rings. The maximum Gasteiger partial charge on any atom is 0.285 e. The Kier molecular flexibility index (Phi) is 2.45. The van der Waals surface area contributed by atoms with Crippen LogP contribution < -0.4 is 0 Å². The Balaban J connectivity index is 3.12. The van der Waals surface area contributed by atoms with Gasteiger partial charge in [0.15, 0.2) is 0 Å². The average Bonchev–Trinajstić information content (AvgIpc) is 2.04. The van der Waals surface area contributed by atoms with Gasteiger partial charge in [-0.15, -0.1) is 4.55 Å². The van der Waals surface area contributed by atoms with Gasteiger partial charge in [0, 0.05) is 6.07 Å². The fraction of sp³-hybridized carbons (Fsp3) is 0. The van der Waals surface area contributed by atoms with Gasteiger partial charge in [0.2, 0.25) is 0 Å². The summed E-state index contributed by atoms with van der Waals surface area (Å²) in [5.41, 5.74) is -0.132. The molecule has 0 amide bonds. The summed E-state index contributed by atoms with van der Waals surface area (Å²) in [6.45, 7) is 0. The third-order valence-corrected chi connectivity index (χ3v) is 1.68. The zero-order valence-corrected chi connectivity index (χ0v) is 6.21. The third-order valence-electron chi connectivity index (χ3n) is 1.15. The van der Waals surface area contributed by atoms with Crippen LogP contribution in [0, 0.1) is 10.1 Å². The molecule has 0 fully saturated rings. The quantitative estimate of drug-likeness (QED) is 0.387. The van der Waals surface area contributed by atoms with Gasteiger partial charge in [-0.05, 0) is 6.07 Å². The molecule has 0 bridgehead atoms. The first kappa shape index (κ1) is 8.03. The lowest BCUT2D eigenvalue weighted by Crippen LogP contribution is -1.88. The summed E-state index contributed by atoms with van der Waals surface area (Å²) in [6.07, 6.45) is 0. The van der Waals surface area contributed by atoms with Gasteiger partial charge in [0.1, 0.15) is 4.90 Å². The Morgan fingerprint density at radius 1 is 1.36 bits per heavy atom. The molecule has 1 aromatic carbocycles. The van der Waals surface area contributed by atoms with Gasteiger partial charge in [-0.25, -0.2) is 0 Å². The van der Waals surface area contributed by atoms with Crippen LogP contribution in [0.1, 0.15) is 0 Å². The highest BCUT2D eigenvalue weighted by Crippen LogP contribution is 2.26. The highest BCUT2D eigenvalue weighted by atomic mass is 32.2. The monoisotopic (exact) mass is 170 g/mol. The summed E-state index contributed by atoms with van der Waals surface area (Å²) in [6, 6.07) is 5.85. The number of para-hydroxylation sites is 1. The first-order chi connectivity index (χ1) is 5.25. The summed E-state index contributed by atoms with van der Waals surface area (Å²) in [4.78, 5) is 9.82. The minimum atomic E-state index is -0.569. The molecule has 0 saturated carbocycles. The van der Waals surface area contributed by atoms with Crippen molar-refractivity contribution in [3.05, 3.63) is 34.4 Å². The van der Waals surface area contributed by atoms with E-state index in [2.05, 4.69) is 0 Å². The van der Waals surface area contributed by atoms with E-state index in [1.807, 2.05) is 0 Å². The number of hydrogen-bond acceptors (Lipinski definition) is 3. The van der Waals surface area contributed by atoms with Crippen molar-refractivity contribution in [3.63, 3.8) is 0 Å². The first-order valence-corrected chi connectivity index (χ1v) is 3.53. The van der Waals surface area contributed by atoms with Crippen LogP contribution in [0.15, 0.2) is 29.2 Å². The maximum absolute atomic E-state index is 10.3. The first-order valence-electron chi connectivity index (χ1n) is 2.79. The molecule has 0 spiro atoms. The summed E-state index contributed by atoms with van der Waals surface area (Å²) in [7, 11) is 0. The van der Waals surface area contributed by atoms with E-state index in [0.717, 1.165) is 0 Å². The van der Waals surface area contributed by atoms with E-state index >= 15 is 0 Å². The van der Waals surface area contributed by atoms with E-state index in [1.165, 1.54) is 18.2 Å². The molecule has 4 nitrogen and oxygen atoms in total. The van der Waals surface area contributed by atoms with Gasteiger partial charge >= 0.3 is 0 Å². The van der Waals surface area contributed by atoms with Crippen molar-refractivity contribution < 1.29 is 9.48 Å². The number of hydrogen-bond donors (Lipinski definition) is 0. The van der Waals surface area contributed by atoms with Crippen molar-refractivity contribution in [2.45, 2.75) is 4.90 Å². The molecule has 1 radical (unpaired) electrons. The molecule has 1 rings (SSSR count). The van der Waals surface area contributed by atoms with Gasteiger partial charge in [-0.3, -0.25) is 10.1 Å². The van der Waals surface area contributed by atoms with Crippen LogP contribution in [0.5, 0.6) is 0 Å². The molecule has 5 heteroatoms. The Hall–Kier alpha value is -1.07. The Labute approximate surface area is 67.2 Å². The molecule has 0 saturated heterocycles. The van der Waals surface area contributed by atoms with Crippen molar-refractivity contribution in [2.24, 2.45) is 0 Å². The minimum Gasteiger partial charge on any atom is -0.258 e. The van der Waals surface area contributed by atoms with Gasteiger partial charge in [-0.2, -0.15) is 0 Å². The van der Waals surface area contributed by atoms with E-state index < -0.39 is 4.92 Å². The lowest BCUT2D eigenvalue weighted by Gasteiger charge is -1.93. The number of benzene rings is 1. The smallest absolute Gasteiger partial charge is 0.258 e. The van der Waals surface area contributed by atoms with E-state index in [-0.39, 0.29) is 22.6 Å². The Morgan fingerprint density at radius 3 is 2.45 bits per heavy atom. The largest absolute Gasteiger partial charge is 0.285 e. The minimum absolute atomic E-state index is 0.132. The molecule has 57 valence electrons. The fourth-order valence-corrected chi connectivity index (χ4v) is 1.04. The van der Waals surface area contributed by atoms with Crippen LogP contribution in [-0.4, -0.2) is 4.92 Å². The summed E-state index contributed by atoms with van der Waals surface area (Å²) < 4.78 is 10.3. The lowest BCUT2D eigenvalue weighted by atomic mass is 10.3. The van der Waals surface area contributed by atoms with Crippen LogP contribution >= 0.6 is 12.0 Å². The van der Waals surface area contributed by atoms with E-state index in [1.54, 1.807) is 6.07 Å². The molecule has 0 aromatic heterocycles. The second-order valence-electron chi connectivity index (χ2n) is 1.81. The molecular formula is C6H4NO3S. The summed E-state index contributed by atoms with van der Waals surface area (Å²) in [5.74, 6) is 0. The number of nitro benzene ring substituents is 1. The van der Waals surface area contributed by atoms with Crippen molar-refractivity contribution in [1.82, 2.24) is 0 Å². The predicted molar refractivity (Wildman–Crippen MR) is 39.6 cm³/mol. The van der Waals surface area contributed by atoms with Crippen LogP contribution in [0.4, 0.5) is 5.69 Å². The van der Waals surface area contributed by atoms with Crippen LogP contribution in [-0.2, 0) is 4.55 Å². The second-order valence-corrected chi connectivity index (χ2v) is 2.41. The second kappa shape index (κ2) is 3.36. The molecule has 0 aliphatic heterocycles. The van der Waals surface area contributed by atoms with Crippen molar-refractivity contribution in [3.8, 4) is 0 Å². The van der Waals surface area contributed by atoms with E-state index in [4.69, 9.17) is 0 Å². The van der Waals surface area contributed by atoms with Crippen LogP contribution in [0.3, 0.4) is 0 Å². The van der Waals surface area contributed by atoms with Crippen LogP contribution in [0.25, 0.3) is 0 Å². The summed E-state index contributed by atoms with van der Waals surface area (Å²) >= 11 is 0.132. The molecule has 0 atom stereocenters. The van der Waals surface area contributed by atoms with E-state index in [0.29, 0.717) is 0 Å². The molecule has 0 heterocycles. The van der Waals surface area contributed by atoms with Crippen LogP contribution in [0.2, 0.25) is 0 Å². The number of nitro groups is 1. The molecular weight excluding hydrogens is 166 g/mol. The van der Waals surface area contributed by atoms with Crippen molar-refractivity contribution >= 4 is 17.7 Å². The molecule has 1 aromatic rings. The molecule has 0 N–H and O–H groups in total. The summed E-state index contributed by atoms with van der Waals surface area (Å²) in [5, 5.41) is 10.2. The SMILES string of the molecule is [O]Sc1ccccc1[N+](=O)[O-]. The van der Waals surface area contributed by atoms with E-state index in [9.17, 15) is 14.7 Å². The molecule has 0 aliphatic carbocycles. The van der Waals surface area contributed by atoms with Crippen molar-refractivity contribution in [1.29, 1.82) is 0 Å². The standard InChI is InChI=1S/C6H4NO3S/c8-7(9)5-3-1-2-4-6(5)11-10/h1-4H. The highest BCUT2D eigenvalue weighted by Gasteiger charge is 2.11. The Bertz CT molecular complexity index is 276. The third kappa shape index (κ3) is 1.69. The zero-order chi connectivity index (χ0) is 8.27. The number of nitrogens with zero attached hydrogens (tertiary/aromatic N) is 1. The van der Waals surface area contributed by atoms with Crippen molar-refractivity contribution in [2.75, 3.05) is 0 Å². The lowest BCUT2D eigenvalue weighted by molar-refractivity contribution is -0.387. The van der Waals surface area contributed by atoms with Gasteiger partial charge < -0.3 is 0 Å². The average molecular weight is 170 g/mol. The van der Waals surface area contributed by atoms with Gasteiger partial charge in [0.25, 0.3) is 5.69 Å². The molecule has 0 unspecified atom stereocenters. The zero-order valence-electron chi connectivity index (χ0n) is 5.39. The Morgan fingerprint density at radius 2 is 2.00 bits per heavy atom. The topological polar surface area (TPSA) is 63.0 Å². The maximum atomic E-state index is 10.3. The normalized spacial score (nSPS) is 9.55. The van der Waals surface area contributed by atoms with Gasteiger partial charge in [0.05, 0.1) is 17.0 Å². The fourth-order valence-electron chi connectivity index (χ4n) is 0.678. The number of rotatable bonds is 2. The highest BCUT2D eigenvalue weighted by molar-refractivity contribution is 7.93. The predicted octanol–water partition coefficient (Wildman–Crippen LogP) is 2.03.